The Balaban J connectivity index is 1.96. The molecule has 112 valence electrons. The molecule has 2 heterocycles. The molecule has 1 aliphatic rings. The Hall–Kier alpha value is -0.980. The summed E-state index contributed by atoms with van der Waals surface area (Å²) in [4.78, 5) is 14.5. The number of hydrogen-bond acceptors (Lipinski definition) is 5. The maximum absolute atomic E-state index is 12.2. The molecule has 6 heteroatoms. The van der Waals surface area contributed by atoms with E-state index in [1.165, 1.54) is 0 Å². The topological polar surface area (TPSA) is 54.7 Å². The van der Waals surface area contributed by atoms with Crippen LogP contribution in [0.15, 0.2) is 16.5 Å². The minimum absolute atomic E-state index is 0.0153. The fourth-order valence-corrected chi connectivity index (χ4v) is 2.89. The van der Waals surface area contributed by atoms with Gasteiger partial charge < -0.3 is 14.5 Å². The highest BCUT2D eigenvalue weighted by atomic mass is 32.2. The maximum Gasteiger partial charge on any atom is 0.287 e. The first-order chi connectivity index (χ1) is 9.67. The summed E-state index contributed by atoms with van der Waals surface area (Å²) in [6.45, 7) is 4.75. The van der Waals surface area contributed by atoms with Crippen molar-refractivity contribution in [2.45, 2.75) is 24.8 Å². The van der Waals surface area contributed by atoms with Crippen LogP contribution in [-0.4, -0.2) is 56.0 Å². The van der Waals surface area contributed by atoms with Gasteiger partial charge in [-0.15, -0.1) is 0 Å². The number of carbonyl (C=O) groups excluding carboxylic acids is 1. The summed E-state index contributed by atoms with van der Waals surface area (Å²) in [5, 5.41) is 3.01. The van der Waals surface area contributed by atoms with Gasteiger partial charge in [-0.3, -0.25) is 9.69 Å². The van der Waals surface area contributed by atoms with Gasteiger partial charge in [0.2, 0.25) is 0 Å². The lowest BCUT2D eigenvalue weighted by molar-refractivity contribution is 0.0744. The number of likely N-dealkylation sites (N-methyl/N-ethyl adjacent to an activating group) is 1. The molecule has 5 nitrogen and oxygen atoms in total. The van der Waals surface area contributed by atoms with Gasteiger partial charge in [-0.2, -0.15) is 11.8 Å². The third kappa shape index (κ3) is 3.56. The van der Waals surface area contributed by atoms with Crippen molar-refractivity contribution in [3.63, 3.8) is 0 Å². The van der Waals surface area contributed by atoms with Crippen molar-refractivity contribution < 1.29 is 13.9 Å². The van der Waals surface area contributed by atoms with Crippen LogP contribution in [0.2, 0.25) is 0 Å². The number of methoxy groups -OCH3 is 1. The van der Waals surface area contributed by atoms with Crippen LogP contribution >= 0.6 is 11.8 Å². The molecule has 1 saturated heterocycles. The third-order valence-electron chi connectivity index (χ3n) is 3.58. The fourth-order valence-electron chi connectivity index (χ4n) is 2.45. The normalized spacial score (nSPS) is 23.1. The summed E-state index contributed by atoms with van der Waals surface area (Å²) in [5.74, 6) is 1.81. The van der Waals surface area contributed by atoms with Crippen molar-refractivity contribution in [1.29, 1.82) is 0 Å². The molecule has 1 N–H and O–H groups in total. The van der Waals surface area contributed by atoms with Crippen LogP contribution < -0.4 is 5.32 Å². The van der Waals surface area contributed by atoms with Crippen molar-refractivity contribution in [3.8, 4) is 0 Å². The quantitative estimate of drug-likeness (QED) is 0.864. The average Bonchev–Trinajstić information content (AvgIpc) is 3.05. The molecular weight excluding hydrogens is 276 g/mol. The monoisotopic (exact) mass is 298 g/mol. The van der Waals surface area contributed by atoms with E-state index >= 15 is 0 Å². The second-order valence-corrected chi connectivity index (χ2v) is 5.77. The van der Waals surface area contributed by atoms with Crippen LogP contribution in [0.5, 0.6) is 0 Å². The minimum Gasteiger partial charge on any atom is -0.455 e. The van der Waals surface area contributed by atoms with Crippen molar-refractivity contribution >= 4 is 17.7 Å². The first kappa shape index (κ1) is 15.4. The highest BCUT2D eigenvalue weighted by Gasteiger charge is 2.33. The van der Waals surface area contributed by atoms with Gasteiger partial charge in [-0.1, -0.05) is 6.92 Å². The molecule has 0 aliphatic carbocycles. The number of thioether (sulfide) groups is 1. The molecule has 0 saturated carbocycles. The smallest absolute Gasteiger partial charge is 0.287 e. The predicted octanol–water partition coefficient (Wildman–Crippen LogP) is 1.59. The van der Waals surface area contributed by atoms with E-state index in [9.17, 15) is 4.79 Å². The van der Waals surface area contributed by atoms with Crippen LogP contribution in [-0.2, 0) is 10.5 Å². The van der Waals surface area contributed by atoms with Crippen LogP contribution in [0, 0.1) is 0 Å². The summed E-state index contributed by atoms with van der Waals surface area (Å²) in [7, 11) is 1.69. The van der Waals surface area contributed by atoms with Crippen LogP contribution in [0.1, 0.15) is 23.2 Å². The molecule has 1 aromatic rings. The Morgan fingerprint density at radius 3 is 3.00 bits per heavy atom. The lowest BCUT2D eigenvalue weighted by atomic mass is 10.2. The van der Waals surface area contributed by atoms with Crippen molar-refractivity contribution in [2.24, 2.45) is 0 Å². The highest BCUT2D eigenvalue weighted by molar-refractivity contribution is 7.97. The zero-order valence-corrected chi connectivity index (χ0v) is 13.0. The van der Waals surface area contributed by atoms with E-state index in [-0.39, 0.29) is 18.1 Å². The Labute approximate surface area is 124 Å². The van der Waals surface area contributed by atoms with Crippen molar-refractivity contribution in [2.75, 3.05) is 33.0 Å². The van der Waals surface area contributed by atoms with Gasteiger partial charge in [0.15, 0.2) is 5.76 Å². The van der Waals surface area contributed by atoms with Crippen molar-refractivity contribution in [3.05, 3.63) is 23.7 Å². The van der Waals surface area contributed by atoms with Crippen LogP contribution in [0.4, 0.5) is 0 Å². The summed E-state index contributed by atoms with van der Waals surface area (Å²) >= 11 is 1.67. The number of furan rings is 1. The summed E-state index contributed by atoms with van der Waals surface area (Å²) in [6, 6.07) is 3.60. The molecule has 20 heavy (non-hydrogen) atoms. The van der Waals surface area contributed by atoms with Gasteiger partial charge >= 0.3 is 0 Å². The Bertz CT molecular complexity index is 449. The van der Waals surface area contributed by atoms with Crippen LogP contribution in [0.25, 0.3) is 0 Å². The second-order valence-electron chi connectivity index (χ2n) is 4.91. The number of amides is 1. The van der Waals surface area contributed by atoms with Gasteiger partial charge in [-0.25, -0.2) is 0 Å². The molecule has 0 spiro atoms. The molecule has 2 atom stereocenters. The molecule has 0 radical (unpaired) electrons. The van der Waals surface area contributed by atoms with E-state index in [1.54, 1.807) is 24.9 Å². The van der Waals surface area contributed by atoms with E-state index < -0.39 is 0 Å². The first-order valence-corrected chi connectivity index (χ1v) is 8.21. The van der Waals surface area contributed by atoms with E-state index in [2.05, 4.69) is 17.1 Å². The van der Waals surface area contributed by atoms with Gasteiger partial charge in [0, 0.05) is 20.2 Å². The van der Waals surface area contributed by atoms with E-state index in [0.29, 0.717) is 5.76 Å². The highest BCUT2D eigenvalue weighted by Crippen LogP contribution is 2.16. The standard InChI is InChI=1S/C14H22N2O3S/c1-4-16-7-11(13(8-16)18-2)15-14(17)12-6-5-10(19-12)9-20-3/h5-6,11,13H,4,7-9H2,1-3H3,(H,15,17)/t11-,13-/m1/s1. The summed E-state index contributed by atoms with van der Waals surface area (Å²) < 4.78 is 11.0. The van der Waals surface area contributed by atoms with Crippen LogP contribution in [0.3, 0.4) is 0 Å². The predicted molar refractivity (Wildman–Crippen MR) is 80.1 cm³/mol. The zero-order chi connectivity index (χ0) is 14.5. The fraction of sp³-hybridized carbons (Fsp3) is 0.643. The number of rotatable bonds is 6. The SMILES string of the molecule is CCN1C[C@@H](NC(=O)c2ccc(CSC)o2)[C@H](OC)C1. The molecule has 0 unspecified atom stereocenters. The Kier molecular flexibility index (Phi) is 5.51. The number of likely N-dealkylation sites (tertiary alicyclic amines) is 1. The molecule has 1 amide bonds. The van der Waals surface area contributed by atoms with Gasteiger partial charge in [0.1, 0.15) is 5.76 Å². The van der Waals surface area contributed by atoms with E-state index in [4.69, 9.17) is 9.15 Å². The molecule has 1 aromatic heterocycles. The van der Waals surface area contributed by atoms with E-state index in [0.717, 1.165) is 31.1 Å². The zero-order valence-electron chi connectivity index (χ0n) is 12.2. The van der Waals surface area contributed by atoms with Crippen molar-refractivity contribution in [1.82, 2.24) is 10.2 Å². The largest absolute Gasteiger partial charge is 0.455 e. The number of ether oxygens (including phenoxy) is 1. The molecular formula is C14H22N2O3S. The Morgan fingerprint density at radius 2 is 2.35 bits per heavy atom. The summed E-state index contributed by atoms with van der Waals surface area (Å²) in [6.07, 6.45) is 2.04. The number of nitrogens with one attached hydrogen (secondary N) is 1. The molecule has 0 bridgehead atoms. The number of nitrogens with zero attached hydrogens (tertiary/aromatic N) is 1. The molecule has 2 rings (SSSR count). The summed E-state index contributed by atoms with van der Waals surface area (Å²) in [5.41, 5.74) is 0. The third-order valence-corrected chi connectivity index (χ3v) is 4.15. The lowest BCUT2D eigenvalue weighted by Gasteiger charge is -2.17. The number of carbonyl (C=O) groups is 1. The van der Waals surface area contributed by atoms with Gasteiger partial charge in [0.05, 0.1) is 17.9 Å². The van der Waals surface area contributed by atoms with E-state index in [1.807, 2.05) is 12.3 Å². The first-order valence-electron chi connectivity index (χ1n) is 6.81. The minimum atomic E-state index is -0.164. The second kappa shape index (κ2) is 7.15. The van der Waals surface area contributed by atoms with Gasteiger partial charge in [0.25, 0.3) is 5.91 Å². The molecule has 0 aromatic carbocycles. The van der Waals surface area contributed by atoms with Gasteiger partial charge in [-0.05, 0) is 24.9 Å². The average molecular weight is 298 g/mol. The lowest BCUT2D eigenvalue weighted by Crippen LogP contribution is -2.43. The molecule has 1 fully saturated rings. The molecule has 1 aliphatic heterocycles. The Morgan fingerprint density at radius 1 is 1.55 bits per heavy atom. The maximum atomic E-state index is 12.2. The number of hydrogen-bond donors (Lipinski definition) is 1.